The number of carbonyl (C=O) groups is 2. The second-order valence-electron chi connectivity index (χ2n) is 5.73. The summed E-state index contributed by atoms with van der Waals surface area (Å²) >= 11 is 0. The Morgan fingerprint density at radius 1 is 1.05 bits per heavy atom. The van der Waals surface area contributed by atoms with Crippen LogP contribution in [-0.2, 0) is 9.59 Å². The third kappa shape index (κ3) is 4.56. The summed E-state index contributed by atoms with van der Waals surface area (Å²) in [7, 11) is 0. The molecule has 0 saturated carbocycles. The van der Waals surface area contributed by atoms with E-state index in [9.17, 15) is 9.59 Å². The second-order valence-corrected chi connectivity index (χ2v) is 5.73. The smallest absolute Gasteiger partial charge is 0.227 e. The molecule has 1 heterocycles. The van der Waals surface area contributed by atoms with Crippen LogP contribution in [0.2, 0.25) is 0 Å². The highest BCUT2D eigenvalue weighted by Gasteiger charge is 2.20. The first-order valence-corrected chi connectivity index (χ1v) is 7.49. The number of nitrogens with one attached hydrogen (secondary N) is 3. The number of piperidine rings is 1. The Balaban J connectivity index is 1.89. The molecule has 1 aliphatic rings. The molecule has 1 aromatic carbocycles. The van der Waals surface area contributed by atoms with Gasteiger partial charge in [-0.15, -0.1) is 0 Å². The Morgan fingerprint density at radius 2 is 1.57 bits per heavy atom. The molecule has 1 aliphatic heterocycles. The lowest BCUT2D eigenvalue weighted by molar-refractivity contribution is -0.120. The van der Waals surface area contributed by atoms with E-state index in [1.165, 1.54) is 0 Å². The van der Waals surface area contributed by atoms with Gasteiger partial charge in [0.25, 0.3) is 0 Å². The summed E-state index contributed by atoms with van der Waals surface area (Å²) in [6.07, 6.45) is 1.77. The second kappa shape index (κ2) is 7.22. The SMILES string of the molecule is CC(C)C(=O)Nc1ccc(NC(=O)C2CCNCC2)cc1. The van der Waals surface area contributed by atoms with E-state index in [0.717, 1.165) is 37.3 Å². The maximum atomic E-state index is 12.1. The lowest BCUT2D eigenvalue weighted by Gasteiger charge is -2.21. The normalized spacial score (nSPS) is 15.8. The van der Waals surface area contributed by atoms with Gasteiger partial charge < -0.3 is 16.0 Å². The fourth-order valence-corrected chi connectivity index (χ4v) is 2.25. The summed E-state index contributed by atoms with van der Waals surface area (Å²) in [5, 5.41) is 9.01. The van der Waals surface area contributed by atoms with E-state index in [-0.39, 0.29) is 23.7 Å². The van der Waals surface area contributed by atoms with Gasteiger partial charge in [-0.05, 0) is 50.2 Å². The molecular weight excluding hydrogens is 266 g/mol. The molecule has 0 bridgehead atoms. The minimum atomic E-state index is -0.0516. The molecule has 0 radical (unpaired) electrons. The highest BCUT2D eigenvalue weighted by atomic mass is 16.2. The third-order valence-electron chi connectivity index (χ3n) is 3.65. The van der Waals surface area contributed by atoms with Gasteiger partial charge in [-0.25, -0.2) is 0 Å². The molecule has 1 aromatic rings. The molecule has 114 valence electrons. The molecule has 5 heteroatoms. The number of rotatable bonds is 4. The van der Waals surface area contributed by atoms with Gasteiger partial charge >= 0.3 is 0 Å². The molecule has 2 rings (SSSR count). The predicted octanol–water partition coefficient (Wildman–Crippen LogP) is 2.22. The maximum Gasteiger partial charge on any atom is 0.227 e. The molecule has 5 nitrogen and oxygen atoms in total. The summed E-state index contributed by atoms with van der Waals surface area (Å²) < 4.78 is 0. The molecule has 1 fully saturated rings. The molecule has 0 spiro atoms. The van der Waals surface area contributed by atoms with Gasteiger partial charge in [0.2, 0.25) is 11.8 Å². The minimum Gasteiger partial charge on any atom is -0.326 e. The first-order valence-electron chi connectivity index (χ1n) is 7.49. The summed E-state index contributed by atoms with van der Waals surface area (Å²) in [4.78, 5) is 23.7. The van der Waals surface area contributed by atoms with E-state index < -0.39 is 0 Å². The summed E-state index contributed by atoms with van der Waals surface area (Å²) in [6, 6.07) is 7.24. The summed E-state index contributed by atoms with van der Waals surface area (Å²) in [5.41, 5.74) is 1.51. The van der Waals surface area contributed by atoms with E-state index in [4.69, 9.17) is 0 Å². The quantitative estimate of drug-likeness (QED) is 0.796. The van der Waals surface area contributed by atoms with Crippen LogP contribution in [-0.4, -0.2) is 24.9 Å². The van der Waals surface area contributed by atoms with Crippen molar-refractivity contribution in [1.82, 2.24) is 5.32 Å². The molecule has 1 saturated heterocycles. The standard InChI is InChI=1S/C16H23N3O2/c1-11(2)15(20)18-13-3-5-14(6-4-13)19-16(21)12-7-9-17-10-8-12/h3-6,11-12,17H,7-10H2,1-2H3,(H,18,20)(H,19,21). The summed E-state index contributed by atoms with van der Waals surface area (Å²) in [5.74, 6) is 0.104. The average Bonchev–Trinajstić information content (AvgIpc) is 2.50. The van der Waals surface area contributed by atoms with Gasteiger partial charge in [-0.2, -0.15) is 0 Å². The number of anilines is 2. The Bertz CT molecular complexity index is 491. The van der Waals surface area contributed by atoms with E-state index in [1.54, 1.807) is 12.1 Å². The molecule has 0 aliphatic carbocycles. The van der Waals surface area contributed by atoms with E-state index in [0.29, 0.717) is 0 Å². The lowest BCUT2D eigenvalue weighted by atomic mass is 9.97. The summed E-state index contributed by atoms with van der Waals surface area (Å²) in [6.45, 7) is 5.50. The van der Waals surface area contributed by atoms with Gasteiger partial charge in [0.05, 0.1) is 0 Å². The first-order chi connectivity index (χ1) is 10.1. The Hall–Kier alpha value is -1.88. The predicted molar refractivity (Wildman–Crippen MR) is 84.1 cm³/mol. The number of hydrogen-bond donors (Lipinski definition) is 3. The van der Waals surface area contributed by atoms with Gasteiger partial charge in [-0.3, -0.25) is 9.59 Å². The number of carbonyl (C=O) groups excluding carboxylic acids is 2. The molecule has 0 aromatic heterocycles. The topological polar surface area (TPSA) is 70.2 Å². The molecule has 21 heavy (non-hydrogen) atoms. The molecule has 3 N–H and O–H groups in total. The molecule has 2 amide bonds. The van der Waals surface area contributed by atoms with Crippen LogP contribution in [0, 0.1) is 11.8 Å². The Kier molecular flexibility index (Phi) is 5.33. The number of benzene rings is 1. The minimum absolute atomic E-state index is 0.0125. The van der Waals surface area contributed by atoms with Crippen LogP contribution < -0.4 is 16.0 Å². The Morgan fingerprint density at radius 3 is 2.10 bits per heavy atom. The van der Waals surface area contributed by atoms with Crippen LogP contribution in [0.15, 0.2) is 24.3 Å². The zero-order valence-corrected chi connectivity index (χ0v) is 12.6. The monoisotopic (exact) mass is 289 g/mol. The van der Waals surface area contributed by atoms with Crippen molar-refractivity contribution >= 4 is 23.2 Å². The average molecular weight is 289 g/mol. The van der Waals surface area contributed by atoms with E-state index in [1.807, 2.05) is 26.0 Å². The van der Waals surface area contributed by atoms with E-state index in [2.05, 4.69) is 16.0 Å². The van der Waals surface area contributed by atoms with Crippen molar-refractivity contribution in [2.75, 3.05) is 23.7 Å². The van der Waals surface area contributed by atoms with Crippen LogP contribution in [0.5, 0.6) is 0 Å². The first kappa shape index (κ1) is 15.5. The maximum absolute atomic E-state index is 12.1. The van der Waals surface area contributed by atoms with Gasteiger partial charge in [-0.1, -0.05) is 13.8 Å². The fraction of sp³-hybridized carbons (Fsp3) is 0.500. The fourth-order valence-electron chi connectivity index (χ4n) is 2.25. The van der Waals surface area contributed by atoms with Crippen molar-refractivity contribution in [3.63, 3.8) is 0 Å². The van der Waals surface area contributed by atoms with Crippen molar-refractivity contribution in [2.45, 2.75) is 26.7 Å². The van der Waals surface area contributed by atoms with Crippen LogP contribution in [0.1, 0.15) is 26.7 Å². The zero-order valence-electron chi connectivity index (χ0n) is 12.6. The van der Waals surface area contributed by atoms with Crippen LogP contribution in [0.4, 0.5) is 11.4 Å². The largest absolute Gasteiger partial charge is 0.326 e. The molecule has 0 unspecified atom stereocenters. The number of amides is 2. The highest BCUT2D eigenvalue weighted by Crippen LogP contribution is 2.18. The van der Waals surface area contributed by atoms with Gasteiger partial charge in [0, 0.05) is 23.2 Å². The van der Waals surface area contributed by atoms with Crippen molar-refractivity contribution < 1.29 is 9.59 Å². The van der Waals surface area contributed by atoms with Gasteiger partial charge in [0.15, 0.2) is 0 Å². The number of hydrogen-bond acceptors (Lipinski definition) is 3. The molecule has 0 atom stereocenters. The van der Waals surface area contributed by atoms with Crippen molar-refractivity contribution in [3.8, 4) is 0 Å². The lowest BCUT2D eigenvalue weighted by Crippen LogP contribution is -2.34. The van der Waals surface area contributed by atoms with E-state index >= 15 is 0 Å². The van der Waals surface area contributed by atoms with Crippen LogP contribution in [0.3, 0.4) is 0 Å². The third-order valence-corrected chi connectivity index (χ3v) is 3.65. The van der Waals surface area contributed by atoms with Crippen LogP contribution in [0.25, 0.3) is 0 Å². The van der Waals surface area contributed by atoms with Crippen molar-refractivity contribution in [3.05, 3.63) is 24.3 Å². The van der Waals surface area contributed by atoms with Crippen molar-refractivity contribution in [1.29, 1.82) is 0 Å². The Labute approximate surface area is 125 Å². The van der Waals surface area contributed by atoms with Crippen LogP contribution >= 0.6 is 0 Å². The molecular formula is C16H23N3O2. The highest BCUT2D eigenvalue weighted by molar-refractivity contribution is 5.94. The van der Waals surface area contributed by atoms with Crippen molar-refractivity contribution in [2.24, 2.45) is 11.8 Å². The van der Waals surface area contributed by atoms with Gasteiger partial charge in [0.1, 0.15) is 0 Å². The zero-order chi connectivity index (χ0) is 15.2.